The summed E-state index contributed by atoms with van der Waals surface area (Å²) in [5, 5.41) is 9.82. The van der Waals surface area contributed by atoms with Crippen molar-refractivity contribution in [2.24, 2.45) is 5.92 Å². The Balaban J connectivity index is 2.02. The minimum atomic E-state index is -0.0210. The van der Waals surface area contributed by atoms with Gasteiger partial charge >= 0.3 is 0 Å². The molecule has 1 N–H and O–H groups in total. The summed E-state index contributed by atoms with van der Waals surface area (Å²) < 4.78 is 0. The molecular formula is C12H22O. The normalized spacial score (nSPS) is 20.4. The van der Waals surface area contributed by atoms with Gasteiger partial charge in [0, 0.05) is 0 Å². The monoisotopic (exact) mass is 182 g/mol. The van der Waals surface area contributed by atoms with E-state index in [1.807, 2.05) is 6.08 Å². The van der Waals surface area contributed by atoms with Gasteiger partial charge in [0.1, 0.15) is 0 Å². The Bertz CT molecular complexity index is 136. The molecule has 0 aromatic carbocycles. The average molecular weight is 182 g/mol. The van der Waals surface area contributed by atoms with Gasteiger partial charge in [0.15, 0.2) is 0 Å². The van der Waals surface area contributed by atoms with Gasteiger partial charge in [0.2, 0.25) is 0 Å². The topological polar surface area (TPSA) is 20.2 Å². The lowest BCUT2D eigenvalue weighted by atomic mass is 9.96. The molecule has 0 aliphatic heterocycles. The molecule has 1 nitrogen and oxygen atoms in total. The smallest absolute Gasteiger partial charge is 0.0568 e. The maximum absolute atomic E-state index is 9.82. The third-order valence-electron chi connectivity index (χ3n) is 3.10. The van der Waals surface area contributed by atoms with E-state index in [4.69, 9.17) is 0 Å². The van der Waals surface area contributed by atoms with E-state index in [1.165, 1.54) is 32.1 Å². The Kier molecular flexibility index (Phi) is 5.14. The fraction of sp³-hybridized carbons (Fsp3) is 0.833. The molecule has 1 fully saturated rings. The third kappa shape index (κ3) is 3.95. The lowest BCUT2D eigenvalue weighted by Crippen LogP contribution is -2.17. The first-order valence-corrected chi connectivity index (χ1v) is 5.63. The van der Waals surface area contributed by atoms with Crippen LogP contribution in [-0.4, -0.2) is 11.2 Å². The van der Waals surface area contributed by atoms with E-state index < -0.39 is 0 Å². The fourth-order valence-corrected chi connectivity index (χ4v) is 2.22. The second-order valence-electron chi connectivity index (χ2n) is 4.19. The maximum atomic E-state index is 9.82. The molecule has 1 atom stereocenters. The second kappa shape index (κ2) is 6.20. The second-order valence-corrected chi connectivity index (χ2v) is 4.19. The summed E-state index contributed by atoms with van der Waals surface area (Å²) in [4.78, 5) is 0. The molecule has 13 heavy (non-hydrogen) atoms. The Labute approximate surface area is 81.9 Å². The van der Waals surface area contributed by atoms with E-state index in [0.29, 0.717) is 5.92 Å². The van der Waals surface area contributed by atoms with Crippen LogP contribution in [0.4, 0.5) is 0 Å². The predicted octanol–water partition coefficient (Wildman–Crippen LogP) is 3.28. The Morgan fingerprint density at radius 1 is 1.31 bits per heavy atom. The molecule has 76 valence electrons. The Morgan fingerprint density at radius 3 is 2.62 bits per heavy atom. The zero-order valence-electron chi connectivity index (χ0n) is 8.54. The van der Waals surface area contributed by atoms with Crippen LogP contribution in [0.25, 0.3) is 0 Å². The van der Waals surface area contributed by atoms with Crippen molar-refractivity contribution < 1.29 is 5.11 Å². The van der Waals surface area contributed by atoms with Gasteiger partial charge in [-0.15, -0.1) is 6.58 Å². The maximum Gasteiger partial charge on any atom is 0.0568 e. The molecule has 0 saturated heterocycles. The molecule has 0 aromatic rings. The van der Waals surface area contributed by atoms with Gasteiger partial charge in [-0.05, 0) is 38.0 Å². The van der Waals surface area contributed by atoms with Crippen LogP contribution < -0.4 is 0 Å². The van der Waals surface area contributed by atoms with Crippen molar-refractivity contribution in [1.82, 2.24) is 0 Å². The van der Waals surface area contributed by atoms with Gasteiger partial charge in [-0.25, -0.2) is 0 Å². The highest BCUT2D eigenvalue weighted by Crippen LogP contribution is 2.29. The molecule has 0 bridgehead atoms. The molecule has 1 saturated carbocycles. The minimum absolute atomic E-state index is 0.0210. The van der Waals surface area contributed by atoms with Crippen LogP contribution in [0.5, 0.6) is 0 Å². The molecule has 1 aliphatic rings. The van der Waals surface area contributed by atoms with E-state index in [1.54, 1.807) is 0 Å². The Morgan fingerprint density at radius 2 is 2.00 bits per heavy atom. The summed E-state index contributed by atoms with van der Waals surface area (Å²) in [7, 11) is 0. The number of allylic oxidation sites excluding steroid dienone is 1. The highest BCUT2D eigenvalue weighted by Gasteiger charge is 2.22. The summed E-state index contributed by atoms with van der Waals surface area (Å²) in [5.74, 6) is 0.615. The van der Waals surface area contributed by atoms with Crippen molar-refractivity contribution in [2.45, 2.75) is 57.5 Å². The molecular weight excluding hydrogens is 160 g/mol. The molecule has 0 amide bonds. The van der Waals surface area contributed by atoms with Crippen LogP contribution in [0.1, 0.15) is 51.4 Å². The first kappa shape index (κ1) is 10.8. The number of rotatable bonds is 6. The molecule has 0 radical (unpaired) electrons. The quantitative estimate of drug-likeness (QED) is 0.493. The van der Waals surface area contributed by atoms with E-state index in [0.717, 1.165) is 19.3 Å². The van der Waals surface area contributed by atoms with Gasteiger partial charge in [0.25, 0.3) is 0 Å². The van der Waals surface area contributed by atoms with Gasteiger partial charge in [-0.3, -0.25) is 0 Å². The highest BCUT2D eigenvalue weighted by atomic mass is 16.3. The van der Waals surface area contributed by atoms with Crippen molar-refractivity contribution in [1.29, 1.82) is 0 Å². The number of unbranched alkanes of at least 4 members (excludes halogenated alkanes) is 2. The van der Waals surface area contributed by atoms with Crippen LogP contribution in [0.15, 0.2) is 12.7 Å². The predicted molar refractivity (Wildman–Crippen MR) is 56.6 cm³/mol. The minimum Gasteiger partial charge on any atom is -0.393 e. The summed E-state index contributed by atoms with van der Waals surface area (Å²) in [5.41, 5.74) is 0. The molecule has 0 heterocycles. The molecule has 1 heteroatoms. The number of hydrogen-bond acceptors (Lipinski definition) is 1. The number of aliphatic hydroxyl groups excluding tert-OH is 1. The van der Waals surface area contributed by atoms with Crippen LogP contribution in [0, 0.1) is 5.92 Å². The summed E-state index contributed by atoms with van der Waals surface area (Å²) in [6, 6.07) is 0. The van der Waals surface area contributed by atoms with Crippen molar-refractivity contribution in [2.75, 3.05) is 0 Å². The standard InChI is InChI=1S/C12H22O/c1-2-3-4-5-10-12(13)11-8-6-7-9-11/h2,11-13H,1,3-10H2. The van der Waals surface area contributed by atoms with Gasteiger partial charge < -0.3 is 5.11 Å². The zero-order chi connectivity index (χ0) is 9.52. The zero-order valence-corrected chi connectivity index (χ0v) is 8.54. The number of hydrogen-bond donors (Lipinski definition) is 1. The van der Waals surface area contributed by atoms with Crippen molar-refractivity contribution in [3.63, 3.8) is 0 Å². The average Bonchev–Trinajstić information content (AvgIpc) is 2.65. The molecule has 0 aromatic heterocycles. The lowest BCUT2D eigenvalue weighted by Gasteiger charge is -2.16. The van der Waals surface area contributed by atoms with Gasteiger partial charge in [-0.2, -0.15) is 0 Å². The van der Waals surface area contributed by atoms with Crippen molar-refractivity contribution in [3.05, 3.63) is 12.7 Å². The van der Waals surface area contributed by atoms with E-state index in [2.05, 4.69) is 6.58 Å². The van der Waals surface area contributed by atoms with Crippen LogP contribution in [-0.2, 0) is 0 Å². The summed E-state index contributed by atoms with van der Waals surface area (Å²) in [6.45, 7) is 3.69. The summed E-state index contributed by atoms with van der Waals surface area (Å²) in [6.07, 6.45) is 11.5. The first-order valence-electron chi connectivity index (χ1n) is 5.63. The van der Waals surface area contributed by atoms with Crippen molar-refractivity contribution >= 4 is 0 Å². The van der Waals surface area contributed by atoms with Crippen LogP contribution >= 0.6 is 0 Å². The number of aliphatic hydroxyl groups is 1. The first-order chi connectivity index (χ1) is 6.34. The molecule has 1 aliphatic carbocycles. The SMILES string of the molecule is C=CCCCCC(O)C1CCCC1. The van der Waals surface area contributed by atoms with Crippen molar-refractivity contribution in [3.8, 4) is 0 Å². The molecule has 1 unspecified atom stereocenters. The third-order valence-corrected chi connectivity index (χ3v) is 3.10. The summed E-state index contributed by atoms with van der Waals surface area (Å²) >= 11 is 0. The van der Waals surface area contributed by atoms with Gasteiger partial charge in [0.05, 0.1) is 6.10 Å². The fourth-order valence-electron chi connectivity index (χ4n) is 2.22. The Hall–Kier alpha value is -0.300. The van der Waals surface area contributed by atoms with E-state index in [-0.39, 0.29) is 6.10 Å². The van der Waals surface area contributed by atoms with E-state index in [9.17, 15) is 5.11 Å². The molecule has 0 spiro atoms. The van der Waals surface area contributed by atoms with Crippen LogP contribution in [0.3, 0.4) is 0 Å². The van der Waals surface area contributed by atoms with Crippen LogP contribution in [0.2, 0.25) is 0 Å². The van der Waals surface area contributed by atoms with Gasteiger partial charge in [-0.1, -0.05) is 25.3 Å². The molecule has 1 rings (SSSR count). The lowest BCUT2D eigenvalue weighted by molar-refractivity contribution is 0.0992. The largest absolute Gasteiger partial charge is 0.393 e. The highest BCUT2D eigenvalue weighted by molar-refractivity contribution is 4.75. The van der Waals surface area contributed by atoms with E-state index >= 15 is 0 Å².